The topological polar surface area (TPSA) is 115 Å². The Labute approximate surface area is 225 Å². The molecule has 1 amide bonds. The highest BCUT2D eigenvalue weighted by Gasteiger charge is 2.23. The standard InChI is InChI=1S/C29H31FN8O/c1-29(2,3)13-22(39)33-18-12-17(14-31-15-18)25-24(30)23-20(16-32-25)36-37-27(23)28-34-19-8-7-9-21(26(19)35-28)38-10-5-4-6-11-38/h7-9,12,14-16H,4-6,10-11,13H2,1-3H3,(H,33,39)(H,34,35)(H,36,37). The number of aromatic amines is 2. The van der Waals surface area contributed by atoms with Gasteiger partial charge in [-0.25, -0.2) is 9.37 Å². The molecule has 39 heavy (non-hydrogen) atoms. The molecule has 6 rings (SSSR count). The van der Waals surface area contributed by atoms with Crippen LogP contribution in [0.15, 0.2) is 42.9 Å². The van der Waals surface area contributed by atoms with Gasteiger partial charge in [-0.05, 0) is 42.9 Å². The predicted molar refractivity (Wildman–Crippen MR) is 151 cm³/mol. The van der Waals surface area contributed by atoms with E-state index in [0.29, 0.717) is 40.1 Å². The number of hydrogen-bond donors (Lipinski definition) is 3. The molecule has 0 spiro atoms. The highest BCUT2D eigenvalue weighted by atomic mass is 19.1. The average Bonchev–Trinajstić information content (AvgIpc) is 3.53. The first kappa shape index (κ1) is 25.0. The summed E-state index contributed by atoms with van der Waals surface area (Å²) in [7, 11) is 0. The largest absolute Gasteiger partial charge is 0.370 e. The Hall–Kier alpha value is -4.34. The summed E-state index contributed by atoms with van der Waals surface area (Å²) in [5.74, 6) is -0.178. The quantitative estimate of drug-likeness (QED) is 0.256. The Morgan fingerprint density at radius 1 is 1.08 bits per heavy atom. The monoisotopic (exact) mass is 526 g/mol. The molecule has 200 valence electrons. The van der Waals surface area contributed by atoms with Crippen molar-refractivity contribution in [3.05, 3.63) is 48.7 Å². The van der Waals surface area contributed by atoms with Gasteiger partial charge in [-0.3, -0.25) is 19.9 Å². The first-order valence-corrected chi connectivity index (χ1v) is 13.3. The van der Waals surface area contributed by atoms with Crippen LogP contribution in [0.4, 0.5) is 15.8 Å². The fourth-order valence-electron chi connectivity index (χ4n) is 5.19. The van der Waals surface area contributed by atoms with E-state index >= 15 is 4.39 Å². The zero-order valence-electron chi connectivity index (χ0n) is 22.3. The number of nitrogens with zero attached hydrogens (tertiary/aromatic N) is 5. The molecule has 9 nitrogen and oxygen atoms in total. The van der Waals surface area contributed by atoms with E-state index in [2.05, 4.69) is 41.4 Å². The zero-order chi connectivity index (χ0) is 27.1. The third-order valence-corrected chi connectivity index (χ3v) is 6.94. The molecule has 1 fully saturated rings. The lowest BCUT2D eigenvalue weighted by Gasteiger charge is -2.28. The summed E-state index contributed by atoms with van der Waals surface area (Å²) in [5, 5.41) is 10.4. The second-order valence-corrected chi connectivity index (χ2v) is 11.3. The molecule has 10 heteroatoms. The summed E-state index contributed by atoms with van der Waals surface area (Å²) in [6, 6.07) is 7.75. The van der Waals surface area contributed by atoms with E-state index in [0.717, 1.165) is 42.7 Å². The molecule has 0 saturated carbocycles. The first-order valence-electron chi connectivity index (χ1n) is 13.3. The highest BCUT2D eigenvalue weighted by molar-refractivity contribution is 5.97. The number of pyridine rings is 2. The van der Waals surface area contributed by atoms with Gasteiger partial charge in [-0.15, -0.1) is 0 Å². The van der Waals surface area contributed by atoms with Gasteiger partial charge < -0.3 is 15.2 Å². The van der Waals surface area contributed by atoms with E-state index in [4.69, 9.17) is 4.98 Å². The minimum Gasteiger partial charge on any atom is -0.370 e. The minimum absolute atomic E-state index is 0.120. The van der Waals surface area contributed by atoms with Crippen LogP contribution in [-0.2, 0) is 4.79 Å². The second-order valence-electron chi connectivity index (χ2n) is 11.3. The van der Waals surface area contributed by atoms with Crippen LogP contribution < -0.4 is 10.2 Å². The fraction of sp³-hybridized carbons (Fsp3) is 0.345. The van der Waals surface area contributed by atoms with E-state index in [1.54, 1.807) is 12.3 Å². The lowest BCUT2D eigenvalue weighted by molar-refractivity contribution is -0.117. The number of rotatable bonds is 5. The zero-order valence-corrected chi connectivity index (χ0v) is 22.3. The summed E-state index contributed by atoms with van der Waals surface area (Å²) < 4.78 is 16.1. The van der Waals surface area contributed by atoms with Crippen molar-refractivity contribution in [2.75, 3.05) is 23.3 Å². The average molecular weight is 527 g/mol. The lowest BCUT2D eigenvalue weighted by atomic mass is 9.92. The number of aromatic nitrogens is 6. The maximum Gasteiger partial charge on any atom is 0.224 e. The van der Waals surface area contributed by atoms with E-state index in [1.807, 2.05) is 32.9 Å². The van der Waals surface area contributed by atoms with Crippen molar-refractivity contribution in [3.8, 4) is 22.8 Å². The number of amides is 1. The number of nitrogens with one attached hydrogen (secondary N) is 3. The van der Waals surface area contributed by atoms with Gasteiger partial charge in [0.05, 0.1) is 40.2 Å². The molecule has 1 aromatic carbocycles. The molecule has 3 N–H and O–H groups in total. The smallest absolute Gasteiger partial charge is 0.224 e. The third kappa shape index (κ3) is 4.94. The van der Waals surface area contributed by atoms with Crippen molar-refractivity contribution in [1.82, 2.24) is 30.1 Å². The third-order valence-electron chi connectivity index (χ3n) is 6.94. The van der Waals surface area contributed by atoms with Crippen molar-refractivity contribution in [2.45, 2.75) is 46.5 Å². The van der Waals surface area contributed by atoms with E-state index in [-0.39, 0.29) is 17.0 Å². The summed E-state index contributed by atoms with van der Waals surface area (Å²) >= 11 is 0. The molecule has 1 aliphatic heterocycles. The molecule has 1 aliphatic rings. The maximum atomic E-state index is 16.1. The van der Waals surface area contributed by atoms with Crippen LogP contribution in [0, 0.1) is 11.2 Å². The van der Waals surface area contributed by atoms with Gasteiger partial charge in [0.25, 0.3) is 0 Å². The highest BCUT2D eigenvalue weighted by Crippen LogP contribution is 2.35. The normalized spacial score (nSPS) is 14.3. The number of carbonyl (C=O) groups excluding carboxylic acids is 1. The molecule has 0 radical (unpaired) electrons. The Bertz CT molecular complexity index is 1680. The molecule has 5 aromatic rings. The summed E-state index contributed by atoms with van der Waals surface area (Å²) in [5.41, 5.74) is 4.55. The van der Waals surface area contributed by atoms with E-state index in [1.165, 1.54) is 18.8 Å². The van der Waals surface area contributed by atoms with E-state index < -0.39 is 5.82 Å². The summed E-state index contributed by atoms with van der Waals surface area (Å²) in [4.78, 5) is 31.6. The Kier molecular flexibility index (Phi) is 6.25. The number of H-pyrrole nitrogens is 2. The van der Waals surface area contributed by atoms with Crippen LogP contribution in [0.1, 0.15) is 46.5 Å². The number of benzene rings is 1. The van der Waals surface area contributed by atoms with E-state index in [9.17, 15) is 4.79 Å². The fourth-order valence-corrected chi connectivity index (χ4v) is 5.19. The Balaban J connectivity index is 1.37. The minimum atomic E-state index is -0.534. The van der Waals surface area contributed by atoms with Crippen LogP contribution in [0.25, 0.3) is 44.7 Å². The van der Waals surface area contributed by atoms with Crippen molar-refractivity contribution in [1.29, 1.82) is 0 Å². The first-order chi connectivity index (χ1) is 18.8. The van der Waals surface area contributed by atoms with Crippen molar-refractivity contribution in [2.24, 2.45) is 5.41 Å². The maximum absolute atomic E-state index is 16.1. The number of fused-ring (bicyclic) bond motifs is 2. The van der Waals surface area contributed by atoms with Crippen LogP contribution in [-0.4, -0.2) is 49.1 Å². The summed E-state index contributed by atoms with van der Waals surface area (Å²) in [6.07, 6.45) is 8.54. The van der Waals surface area contributed by atoms with Gasteiger partial charge in [-0.2, -0.15) is 5.10 Å². The molecule has 0 bridgehead atoms. The SMILES string of the molecule is CC(C)(C)CC(=O)Nc1cncc(-c2ncc3[nH]nc(-c4nc5c(N6CCCCC6)cccc5[nH]4)c3c2F)c1. The molecule has 0 atom stereocenters. The predicted octanol–water partition coefficient (Wildman–Crippen LogP) is 6.07. The van der Waals surface area contributed by atoms with Crippen LogP contribution >= 0.6 is 0 Å². The number of carbonyl (C=O) groups is 1. The Morgan fingerprint density at radius 2 is 1.90 bits per heavy atom. The van der Waals surface area contributed by atoms with Crippen LogP contribution in [0.2, 0.25) is 0 Å². The van der Waals surface area contributed by atoms with Gasteiger partial charge in [0, 0.05) is 31.3 Å². The molecular weight excluding hydrogens is 495 g/mol. The van der Waals surface area contributed by atoms with Gasteiger partial charge in [0.15, 0.2) is 11.6 Å². The van der Waals surface area contributed by atoms with Gasteiger partial charge >= 0.3 is 0 Å². The molecule has 4 aromatic heterocycles. The molecule has 1 saturated heterocycles. The van der Waals surface area contributed by atoms with Gasteiger partial charge in [-0.1, -0.05) is 26.8 Å². The molecule has 0 aliphatic carbocycles. The summed E-state index contributed by atoms with van der Waals surface area (Å²) in [6.45, 7) is 7.98. The number of anilines is 2. The number of halogens is 1. The van der Waals surface area contributed by atoms with Crippen LogP contribution in [0.3, 0.4) is 0 Å². The number of piperidine rings is 1. The van der Waals surface area contributed by atoms with Gasteiger partial charge in [0.2, 0.25) is 5.91 Å². The lowest BCUT2D eigenvalue weighted by Crippen LogP contribution is -2.29. The molecular formula is C29H31FN8O. The molecule has 0 unspecified atom stereocenters. The van der Waals surface area contributed by atoms with Crippen molar-refractivity contribution < 1.29 is 9.18 Å². The Morgan fingerprint density at radius 3 is 2.69 bits per heavy atom. The molecule has 5 heterocycles. The van der Waals surface area contributed by atoms with Crippen molar-refractivity contribution in [3.63, 3.8) is 0 Å². The number of hydrogen-bond acceptors (Lipinski definition) is 6. The number of para-hydroxylation sites is 1. The van der Waals surface area contributed by atoms with Crippen LogP contribution in [0.5, 0.6) is 0 Å². The number of imidazole rings is 1. The van der Waals surface area contributed by atoms with Crippen molar-refractivity contribution >= 4 is 39.2 Å². The van der Waals surface area contributed by atoms with Gasteiger partial charge in [0.1, 0.15) is 16.9 Å². The second kappa shape index (κ2) is 9.76.